The highest BCUT2D eigenvalue weighted by molar-refractivity contribution is 9.10. The Kier molecular flexibility index (Phi) is 5.05. The number of carbonyl (C=O) groups is 1. The van der Waals surface area contributed by atoms with Crippen LogP contribution < -0.4 is 16.4 Å². The van der Waals surface area contributed by atoms with Gasteiger partial charge in [-0.25, -0.2) is 0 Å². The molecule has 0 radical (unpaired) electrons. The lowest BCUT2D eigenvalue weighted by molar-refractivity contribution is -0.114. The first-order chi connectivity index (χ1) is 12.0. The van der Waals surface area contributed by atoms with Crippen LogP contribution in [-0.2, 0) is 4.79 Å². The van der Waals surface area contributed by atoms with E-state index in [1.54, 1.807) is 0 Å². The summed E-state index contributed by atoms with van der Waals surface area (Å²) in [4.78, 5) is 11.5. The number of amides is 1. The SMILES string of the molecule is CC(=O)Nc1cc(Nc2ccc(Br)cc2N)cc(-c2ccccc2)c1. The maximum absolute atomic E-state index is 11.5. The van der Waals surface area contributed by atoms with E-state index in [0.29, 0.717) is 5.69 Å². The Morgan fingerprint density at radius 3 is 2.32 bits per heavy atom. The van der Waals surface area contributed by atoms with Gasteiger partial charge in [0.15, 0.2) is 0 Å². The molecule has 0 aromatic heterocycles. The van der Waals surface area contributed by atoms with Crippen molar-refractivity contribution in [2.45, 2.75) is 6.92 Å². The predicted octanol–water partition coefficient (Wildman–Crippen LogP) is 5.40. The average Bonchev–Trinajstić information content (AvgIpc) is 2.57. The van der Waals surface area contributed by atoms with Crippen LogP contribution in [0.25, 0.3) is 11.1 Å². The first-order valence-corrected chi connectivity index (χ1v) is 8.61. The number of rotatable bonds is 4. The standard InChI is InChI=1S/C20H18BrN3O/c1-13(25)23-17-9-15(14-5-3-2-4-6-14)10-18(12-17)24-20-8-7-16(21)11-19(20)22/h2-12,24H,22H2,1H3,(H,23,25). The fraction of sp³-hybridized carbons (Fsp3) is 0.0500. The second-order valence-electron chi connectivity index (χ2n) is 5.70. The third-order valence-corrected chi connectivity index (χ3v) is 4.15. The molecule has 4 nitrogen and oxygen atoms in total. The molecule has 5 heteroatoms. The third kappa shape index (κ3) is 4.39. The van der Waals surface area contributed by atoms with Gasteiger partial charge in [-0.15, -0.1) is 0 Å². The zero-order chi connectivity index (χ0) is 17.8. The van der Waals surface area contributed by atoms with E-state index >= 15 is 0 Å². The summed E-state index contributed by atoms with van der Waals surface area (Å²) in [6.07, 6.45) is 0. The summed E-state index contributed by atoms with van der Waals surface area (Å²) in [7, 11) is 0. The van der Waals surface area contributed by atoms with Gasteiger partial charge in [0, 0.05) is 22.8 Å². The topological polar surface area (TPSA) is 67.2 Å². The van der Waals surface area contributed by atoms with Crippen LogP contribution in [0.4, 0.5) is 22.7 Å². The molecular weight excluding hydrogens is 378 g/mol. The van der Waals surface area contributed by atoms with Crippen molar-refractivity contribution in [2.24, 2.45) is 0 Å². The number of anilines is 4. The molecule has 0 aliphatic rings. The highest BCUT2D eigenvalue weighted by Crippen LogP contribution is 2.31. The van der Waals surface area contributed by atoms with Crippen molar-refractivity contribution in [2.75, 3.05) is 16.4 Å². The minimum atomic E-state index is -0.112. The second kappa shape index (κ2) is 7.40. The van der Waals surface area contributed by atoms with E-state index in [1.165, 1.54) is 6.92 Å². The zero-order valence-electron chi connectivity index (χ0n) is 13.7. The van der Waals surface area contributed by atoms with E-state index < -0.39 is 0 Å². The number of nitrogens with two attached hydrogens (primary N) is 1. The lowest BCUT2D eigenvalue weighted by Crippen LogP contribution is -2.06. The van der Waals surface area contributed by atoms with Crippen LogP contribution in [0.15, 0.2) is 71.2 Å². The number of hydrogen-bond acceptors (Lipinski definition) is 3. The highest BCUT2D eigenvalue weighted by atomic mass is 79.9. The largest absolute Gasteiger partial charge is 0.397 e. The molecule has 0 saturated carbocycles. The molecule has 3 aromatic rings. The molecule has 0 unspecified atom stereocenters. The van der Waals surface area contributed by atoms with Gasteiger partial charge in [0.05, 0.1) is 11.4 Å². The molecule has 0 aliphatic heterocycles. The van der Waals surface area contributed by atoms with Crippen LogP contribution in [-0.4, -0.2) is 5.91 Å². The normalized spacial score (nSPS) is 10.3. The molecule has 0 saturated heterocycles. The maximum atomic E-state index is 11.5. The maximum Gasteiger partial charge on any atom is 0.221 e. The van der Waals surface area contributed by atoms with Crippen molar-refractivity contribution >= 4 is 44.6 Å². The van der Waals surface area contributed by atoms with Gasteiger partial charge < -0.3 is 16.4 Å². The van der Waals surface area contributed by atoms with Crippen LogP contribution in [0.2, 0.25) is 0 Å². The monoisotopic (exact) mass is 395 g/mol. The van der Waals surface area contributed by atoms with Gasteiger partial charge in [0.1, 0.15) is 0 Å². The molecule has 0 atom stereocenters. The summed E-state index contributed by atoms with van der Waals surface area (Å²) < 4.78 is 0.924. The zero-order valence-corrected chi connectivity index (χ0v) is 15.3. The van der Waals surface area contributed by atoms with E-state index in [-0.39, 0.29) is 5.91 Å². The Hall–Kier alpha value is -2.79. The molecule has 4 N–H and O–H groups in total. The van der Waals surface area contributed by atoms with E-state index in [4.69, 9.17) is 5.73 Å². The van der Waals surface area contributed by atoms with Gasteiger partial charge in [0.2, 0.25) is 5.91 Å². The van der Waals surface area contributed by atoms with Crippen molar-refractivity contribution < 1.29 is 4.79 Å². The van der Waals surface area contributed by atoms with Gasteiger partial charge in [-0.05, 0) is 47.5 Å². The molecule has 3 aromatic carbocycles. The van der Waals surface area contributed by atoms with E-state index in [9.17, 15) is 4.79 Å². The molecule has 1 amide bonds. The summed E-state index contributed by atoms with van der Waals surface area (Å²) >= 11 is 3.41. The fourth-order valence-electron chi connectivity index (χ4n) is 2.58. The first-order valence-electron chi connectivity index (χ1n) is 7.81. The molecule has 0 heterocycles. The number of benzene rings is 3. The van der Waals surface area contributed by atoms with Crippen molar-refractivity contribution in [3.05, 3.63) is 71.2 Å². The number of nitrogen functional groups attached to an aromatic ring is 1. The number of hydrogen-bond donors (Lipinski definition) is 3. The average molecular weight is 396 g/mol. The lowest BCUT2D eigenvalue weighted by Gasteiger charge is -2.14. The van der Waals surface area contributed by atoms with Crippen LogP contribution >= 0.6 is 15.9 Å². The molecule has 0 fully saturated rings. The Morgan fingerprint density at radius 2 is 1.64 bits per heavy atom. The Bertz CT molecular complexity index is 910. The molecule has 0 bridgehead atoms. The summed E-state index contributed by atoms with van der Waals surface area (Å²) in [6, 6.07) is 21.6. The van der Waals surface area contributed by atoms with E-state index in [0.717, 1.165) is 32.7 Å². The van der Waals surface area contributed by atoms with Crippen molar-refractivity contribution in [1.82, 2.24) is 0 Å². The Morgan fingerprint density at radius 1 is 0.920 bits per heavy atom. The predicted molar refractivity (Wildman–Crippen MR) is 108 cm³/mol. The molecular formula is C20H18BrN3O. The quantitative estimate of drug-likeness (QED) is 0.518. The van der Waals surface area contributed by atoms with Gasteiger partial charge in [-0.2, -0.15) is 0 Å². The number of carbonyl (C=O) groups excluding carboxylic acids is 1. The minimum absolute atomic E-state index is 0.112. The van der Waals surface area contributed by atoms with Gasteiger partial charge >= 0.3 is 0 Å². The second-order valence-corrected chi connectivity index (χ2v) is 6.62. The van der Waals surface area contributed by atoms with Crippen LogP contribution in [0, 0.1) is 0 Å². The van der Waals surface area contributed by atoms with E-state index in [1.807, 2.05) is 66.7 Å². The first kappa shape index (κ1) is 17.0. The summed E-state index contributed by atoms with van der Waals surface area (Å²) in [5.41, 5.74) is 11.2. The van der Waals surface area contributed by atoms with Crippen LogP contribution in [0.3, 0.4) is 0 Å². The molecule has 126 valence electrons. The van der Waals surface area contributed by atoms with Crippen molar-refractivity contribution in [1.29, 1.82) is 0 Å². The molecule has 25 heavy (non-hydrogen) atoms. The highest BCUT2D eigenvalue weighted by Gasteiger charge is 2.07. The smallest absolute Gasteiger partial charge is 0.221 e. The molecule has 0 aliphatic carbocycles. The molecule has 3 rings (SSSR count). The number of nitrogens with one attached hydrogen (secondary N) is 2. The van der Waals surface area contributed by atoms with Gasteiger partial charge in [0.25, 0.3) is 0 Å². The van der Waals surface area contributed by atoms with Gasteiger partial charge in [-0.1, -0.05) is 46.3 Å². The van der Waals surface area contributed by atoms with Crippen LogP contribution in [0.5, 0.6) is 0 Å². The summed E-state index contributed by atoms with van der Waals surface area (Å²) in [5.74, 6) is -0.112. The lowest BCUT2D eigenvalue weighted by atomic mass is 10.0. The molecule has 0 spiro atoms. The summed E-state index contributed by atoms with van der Waals surface area (Å²) in [5, 5.41) is 6.17. The van der Waals surface area contributed by atoms with Crippen molar-refractivity contribution in [3.63, 3.8) is 0 Å². The fourth-order valence-corrected chi connectivity index (χ4v) is 2.95. The number of halogens is 1. The minimum Gasteiger partial charge on any atom is -0.397 e. The van der Waals surface area contributed by atoms with Crippen LogP contribution in [0.1, 0.15) is 6.92 Å². The Balaban J connectivity index is 2.01. The Labute approximate surface area is 155 Å². The van der Waals surface area contributed by atoms with Crippen molar-refractivity contribution in [3.8, 4) is 11.1 Å². The van der Waals surface area contributed by atoms with Gasteiger partial charge in [-0.3, -0.25) is 4.79 Å². The third-order valence-electron chi connectivity index (χ3n) is 3.65. The summed E-state index contributed by atoms with van der Waals surface area (Å²) in [6.45, 7) is 1.50. The van der Waals surface area contributed by atoms with E-state index in [2.05, 4.69) is 26.6 Å².